The molecular weight excluding hydrogens is 861 g/mol. The molecule has 3 saturated carbocycles. The number of methoxy groups -OCH3 is 1. The van der Waals surface area contributed by atoms with Gasteiger partial charge in [-0.05, 0) is 112 Å². The van der Waals surface area contributed by atoms with Gasteiger partial charge in [0.15, 0.2) is 25.2 Å². The summed E-state index contributed by atoms with van der Waals surface area (Å²) in [7, 11) is 1.77. The highest BCUT2D eigenvalue weighted by Crippen LogP contribution is 2.74. The van der Waals surface area contributed by atoms with E-state index in [1.54, 1.807) is 12.7 Å². The van der Waals surface area contributed by atoms with Gasteiger partial charge < -0.3 is 83.9 Å². The van der Waals surface area contributed by atoms with E-state index in [0.717, 1.165) is 44.9 Å². The third-order valence-corrected chi connectivity index (χ3v) is 18.6. The smallest absolute Gasteiger partial charge is 0.187 e. The average Bonchev–Trinajstić information content (AvgIpc) is 3.80. The van der Waals surface area contributed by atoms with Crippen molar-refractivity contribution in [2.75, 3.05) is 20.3 Å². The van der Waals surface area contributed by atoms with E-state index in [1.165, 1.54) is 12.5 Å². The summed E-state index contributed by atoms with van der Waals surface area (Å²) in [5.74, 6) is 1.40. The molecule has 4 aliphatic heterocycles. The normalized spacial score (nSPS) is 53.6. The van der Waals surface area contributed by atoms with E-state index in [4.69, 9.17) is 37.9 Å². The quantitative estimate of drug-likeness (QED) is 0.134. The van der Waals surface area contributed by atoms with Crippen LogP contribution < -0.4 is 0 Å². The van der Waals surface area contributed by atoms with Crippen molar-refractivity contribution in [1.29, 1.82) is 0 Å². The largest absolute Gasteiger partial charge is 0.394 e. The van der Waals surface area contributed by atoms with Gasteiger partial charge in [0.2, 0.25) is 0 Å². The van der Waals surface area contributed by atoms with Crippen LogP contribution in [0.3, 0.4) is 0 Å². The van der Waals surface area contributed by atoms with Gasteiger partial charge in [-0.15, -0.1) is 0 Å². The van der Waals surface area contributed by atoms with Gasteiger partial charge in [-0.3, -0.25) is 0 Å². The van der Waals surface area contributed by atoms with Crippen LogP contribution in [0.1, 0.15) is 107 Å². The molecule has 0 amide bonds. The van der Waals surface area contributed by atoms with Crippen molar-refractivity contribution in [3.63, 3.8) is 0 Å². The topological polar surface area (TPSA) is 256 Å². The van der Waals surface area contributed by atoms with E-state index in [-0.39, 0.29) is 34.6 Å². The molecule has 0 radical (unpaired) electrons. The molecule has 66 heavy (non-hydrogen) atoms. The number of aliphatic hydroxyl groups is 9. The van der Waals surface area contributed by atoms with Crippen molar-refractivity contribution in [3.8, 4) is 0 Å². The minimum Gasteiger partial charge on any atom is -0.394 e. The Kier molecular flexibility index (Phi) is 14.8. The first kappa shape index (κ1) is 51.2. The standard InChI is InChI=1S/C49H80O17/c1-22(2)18-24-19-25(42(59-9)62-24)26-12-16-49(8)28-10-11-31-46(4,5)32(14-15-47(31,6)27(28)13-17-48(26,49)7)65-45-41(38(56)34(52)29(20-50)63-45)66-44-40(58)37(55)35(53)30(64-44)21-60-43-39(57)36(54)33(51)23(3)61-43/h10,18,23-27,29-45,50-58H,11-17,19-21H2,1-9H3/t23-,24+,25-,26+,27-,29+,30+,31-,32-,33-,34+,35+,36+,37-,38-,39+,40+,41+,42+,43+,44-,45-,47+,48-,49+/m0/s1. The molecule has 17 nitrogen and oxygen atoms in total. The van der Waals surface area contributed by atoms with Crippen molar-refractivity contribution < 1.29 is 83.9 Å². The molecule has 4 saturated heterocycles. The van der Waals surface area contributed by atoms with Gasteiger partial charge in [0, 0.05) is 13.0 Å². The van der Waals surface area contributed by atoms with Crippen LogP contribution >= 0.6 is 0 Å². The fourth-order valence-electron chi connectivity index (χ4n) is 14.6. The van der Waals surface area contributed by atoms with Crippen LogP contribution in [0.25, 0.3) is 0 Å². The van der Waals surface area contributed by atoms with Gasteiger partial charge in [-0.1, -0.05) is 57.9 Å². The second kappa shape index (κ2) is 19.1. The summed E-state index contributed by atoms with van der Waals surface area (Å²) in [6, 6.07) is 0. The van der Waals surface area contributed by atoms with Gasteiger partial charge in [0.1, 0.15) is 67.1 Å². The molecule has 25 atom stereocenters. The molecule has 8 aliphatic rings. The molecule has 4 heterocycles. The zero-order chi connectivity index (χ0) is 48.0. The zero-order valence-corrected chi connectivity index (χ0v) is 40.2. The Hall–Kier alpha value is -1.20. The molecule has 0 unspecified atom stereocenters. The minimum absolute atomic E-state index is 0.0335. The van der Waals surface area contributed by atoms with Crippen molar-refractivity contribution in [1.82, 2.24) is 0 Å². The lowest BCUT2D eigenvalue weighted by atomic mass is 9.41. The molecule has 0 spiro atoms. The van der Waals surface area contributed by atoms with Gasteiger partial charge in [0.25, 0.3) is 0 Å². The molecule has 9 N–H and O–H groups in total. The highest BCUT2D eigenvalue weighted by molar-refractivity contribution is 5.33. The Morgan fingerprint density at radius 2 is 1.38 bits per heavy atom. The molecule has 17 heteroatoms. The molecule has 0 bridgehead atoms. The van der Waals surface area contributed by atoms with E-state index in [2.05, 4.69) is 60.6 Å². The number of aliphatic hydroxyl groups excluding tert-OH is 9. The Labute approximate surface area is 389 Å². The van der Waals surface area contributed by atoms with Crippen molar-refractivity contribution >= 4 is 0 Å². The summed E-state index contributed by atoms with van der Waals surface area (Å²) in [6.45, 7) is 16.5. The number of rotatable bonds is 11. The number of fused-ring (bicyclic) bond motifs is 5. The first-order valence-corrected chi connectivity index (χ1v) is 24.5. The lowest BCUT2D eigenvalue weighted by Crippen LogP contribution is -2.66. The Balaban J connectivity index is 0.984. The van der Waals surface area contributed by atoms with E-state index >= 15 is 0 Å². The maximum Gasteiger partial charge on any atom is 0.187 e. The highest BCUT2D eigenvalue weighted by atomic mass is 16.8. The zero-order valence-electron chi connectivity index (χ0n) is 40.2. The second-order valence-electron chi connectivity index (χ2n) is 22.7. The van der Waals surface area contributed by atoms with E-state index < -0.39 is 117 Å². The fraction of sp³-hybridized carbons (Fsp3) is 0.918. The van der Waals surface area contributed by atoms with Crippen LogP contribution in [0, 0.1) is 45.3 Å². The van der Waals surface area contributed by atoms with Crippen LogP contribution in [0.2, 0.25) is 0 Å². The third-order valence-electron chi connectivity index (χ3n) is 18.6. The lowest BCUT2D eigenvalue weighted by molar-refractivity contribution is -0.380. The Morgan fingerprint density at radius 3 is 2.06 bits per heavy atom. The maximum absolute atomic E-state index is 11.6. The van der Waals surface area contributed by atoms with Gasteiger partial charge >= 0.3 is 0 Å². The van der Waals surface area contributed by atoms with Crippen molar-refractivity contribution in [3.05, 3.63) is 23.3 Å². The van der Waals surface area contributed by atoms with Gasteiger partial charge in [-0.25, -0.2) is 0 Å². The van der Waals surface area contributed by atoms with Crippen molar-refractivity contribution in [2.24, 2.45) is 45.3 Å². The summed E-state index contributed by atoms with van der Waals surface area (Å²) in [4.78, 5) is 0. The molecule has 8 rings (SSSR count). The molecule has 378 valence electrons. The molecule has 4 aliphatic carbocycles. The predicted octanol–water partition coefficient (Wildman–Crippen LogP) is 1.80. The Morgan fingerprint density at radius 1 is 0.712 bits per heavy atom. The van der Waals surface area contributed by atoms with E-state index in [1.807, 2.05) is 0 Å². The van der Waals surface area contributed by atoms with Crippen LogP contribution in [-0.2, 0) is 37.9 Å². The summed E-state index contributed by atoms with van der Waals surface area (Å²) in [5.41, 5.74) is 2.52. The molecule has 7 fully saturated rings. The number of hydrogen-bond donors (Lipinski definition) is 9. The van der Waals surface area contributed by atoms with E-state index in [9.17, 15) is 46.0 Å². The SMILES string of the molecule is CO[C@@H]1O[C@H](C=C(C)C)C[C@H]1[C@H]1CC[C@]2(C)C3=CC[C@H]4C(C)(C)[C@@H](O[C@@H]5O[C@H](CO)[C@@H](O)[C@H](O)[C@H]5O[C@@H]5O[C@H](CO[C@@H]6O[C@@H](C)[C@H](O)[C@@H](O)[C@H]6O)[C@@H](O)[C@H](O)[C@H]5O)CC[C@]4(C)[C@H]3CC[C@@]12C. The molecule has 0 aromatic heterocycles. The van der Waals surface area contributed by atoms with Crippen LogP contribution in [0.15, 0.2) is 23.3 Å². The average molecular weight is 941 g/mol. The first-order chi connectivity index (χ1) is 31.0. The predicted molar refractivity (Wildman–Crippen MR) is 235 cm³/mol. The van der Waals surface area contributed by atoms with E-state index in [0.29, 0.717) is 24.2 Å². The maximum atomic E-state index is 11.6. The minimum atomic E-state index is -1.85. The number of ether oxygens (including phenoxy) is 8. The van der Waals surface area contributed by atoms with Gasteiger partial charge in [0.05, 0.1) is 31.5 Å². The molecular formula is C49H80O17. The van der Waals surface area contributed by atoms with Crippen LogP contribution in [0.4, 0.5) is 0 Å². The molecule has 0 aromatic rings. The summed E-state index contributed by atoms with van der Waals surface area (Å²) in [5, 5.41) is 96.6. The van der Waals surface area contributed by atoms with Gasteiger partial charge in [-0.2, -0.15) is 0 Å². The first-order valence-electron chi connectivity index (χ1n) is 24.5. The number of hydrogen-bond acceptors (Lipinski definition) is 17. The van der Waals surface area contributed by atoms with Crippen LogP contribution in [0.5, 0.6) is 0 Å². The lowest BCUT2D eigenvalue weighted by Gasteiger charge is -2.65. The Bertz CT molecular complexity index is 1760. The number of allylic oxidation sites excluding steroid dienone is 3. The molecule has 0 aromatic carbocycles. The second-order valence-corrected chi connectivity index (χ2v) is 22.7. The third kappa shape index (κ3) is 8.52. The fourth-order valence-corrected chi connectivity index (χ4v) is 14.6. The highest BCUT2D eigenvalue weighted by Gasteiger charge is 2.67. The summed E-state index contributed by atoms with van der Waals surface area (Å²) in [6.07, 6.45) is -10.8. The van der Waals surface area contributed by atoms with Crippen molar-refractivity contribution in [2.45, 2.75) is 217 Å². The van der Waals surface area contributed by atoms with Crippen LogP contribution in [-0.4, -0.2) is 177 Å². The monoisotopic (exact) mass is 941 g/mol. The summed E-state index contributed by atoms with van der Waals surface area (Å²) < 4.78 is 48.7. The summed E-state index contributed by atoms with van der Waals surface area (Å²) >= 11 is 0.